The van der Waals surface area contributed by atoms with Crippen LogP contribution in [0.4, 0.5) is 0 Å². The number of aromatic nitrogens is 2. The molecule has 0 spiro atoms. The van der Waals surface area contributed by atoms with E-state index in [1.54, 1.807) is 18.4 Å². The maximum absolute atomic E-state index is 5.25. The molecule has 3 aromatic rings. The highest BCUT2D eigenvalue weighted by atomic mass is 32.1. The zero-order chi connectivity index (χ0) is 15.5. The summed E-state index contributed by atoms with van der Waals surface area (Å²) in [4.78, 5) is 9.05. The summed E-state index contributed by atoms with van der Waals surface area (Å²) in [6.45, 7) is 5.09. The highest BCUT2D eigenvalue weighted by molar-refractivity contribution is 7.21. The van der Waals surface area contributed by atoms with Gasteiger partial charge in [-0.25, -0.2) is 4.98 Å². The van der Waals surface area contributed by atoms with E-state index in [1.165, 1.54) is 5.56 Å². The number of pyridine rings is 1. The van der Waals surface area contributed by atoms with Gasteiger partial charge in [0, 0.05) is 36.6 Å². The van der Waals surface area contributed by atoms with E-state index in [-0.39, 0.29) is 0 Å². The minimum Gasteiger partial charge on any atom is -0.497 e. The molecular formula is C17H19N3OS. The van der Waals surface area contributed by atoms with Crippen molar-refractivity contribution in [3.8, 4) is 16.3 Å². The summed E-state index contributed by atoms with van der Waals surface area (Å²) >= 11 is 1.68. The van der Waals surface area contributed by atoms with E-state index in [4.69, 9.17) is 9.72 Å². The molecule has 0 aliphatic carbocycles. The molecule has 114 valence electrons. The molecule has 1 N–H and O–H groups in total. The molecule has 22 heavy (non-hydrogen) atoms. The second-order valence-electron chi connectivity index (χ2n) is 5.47. The fraction of sp³-hybridized carbons (Fsp3) is 0.294. The van der Waals surface area contributed by atoms with E-state index >= 15 is 0 Å². The molecule has 0 unspecified atom stereocenters. The number of nitrogens with zero attached hydrogens (tertiary/aromatic N) is 2. The van der Waals surface area contributed by atoms with Gasteiger partial charge in [-0.2, -0.15) is 0 Å². The fourth-order valence-electron chi connectivity index (χ4n) is 2.18. The van der Waals surface area contributed by atoms with E-state index in [0.717, 1.165) is 33.1 Å². The van der Waals surface area contributed by atoms with Crippen LogP contribution in [0.2, 0.25) is 0 Å². The van der Waals surface area contributed by atoms with E-state index in [1.807, 2.05) is 30.6 Å². The number of methoxy groups -OCH3 is 1. The summed E-state index contributed by atoms with van der Waals surface area (Å²) in [5.41, 5.74) is 3.19. The number of hydrogen-bond acceptors (Lipinski definition) is 5. The number of ether oxygens (including phenoxy) is 1. The smallest absolute Gasteiger partial charge is 0.126 e. The summed E-state index contributed by atoms with van der Waals surface area (Å²) < 4.78 is 6.41. The summed E-state index contributed by atoms with van der Waals surface area (Å²) in [6, 6.07) is 8.58. The molecule has 5 heteroatoms. The molecule has 0 aliphatic rings. The van der Waals surface area contributed by atoms with Crippen molar-refractivity contribution in [3.63, 3.8) is 0 Å². The van der Waals surface area contributed by atoms with Crippen LogP contribution in [0.25, 0.3) is 20.8 Å². The standard InChI is InChI=1S/C17H19N3OS/c1-11(2)19-9-12-6-13(10-18-8-12)17-20-15-7-14(21-3)4-5-16(15)22-17/h4-8,10-11,19H,9H2,1-3H3. The first-order valence-corrected chi connectivity index (χ1v) is 8.09. The van der Waals surface area contributed by atoms with Gasteiger partial charge in [0.15, 0.2) is 0 Å². The van der Waals surface area contributed by atoms with Crippen LogP contribution in [0.5, 0.6) is 5.75 Å². The van der Waals surface area contributed by atoms with Crippen LogP contribution in [0.15, 0.2) is 36.7 Å². The van der Waals surface area contributed by atoms with Crippen molar-refractivity contribution in [2.45, 2.75) is 26.4 Å². The van der Waals surface area contributed by atoms with Crippen molar-refractivity contribution in [1.82, 2.24) is 15.3 Å². The van der Waals surface area contributed by atoms with Gasteiger partial charge in [0.05, 0.1) is 17.3 Å². The Kier molecular flexibility index (Phi) is 4.36. The van der Waals surface area contributed by atoms with Gasteiger partial charge < -0.3 is 10.1 Å². The van der Waals surface area contributed by atoms with Crippen LogP contribution >= 0.6 is 11.3 Å². The molecule has 1 aromatic carbocycles. The maximum Gasteiger partial charge on any atom is 0.126 e. The molecule has 2 heterocycles. The van der Waals surface area contributed by atoms with Crippen LogP contribution in [0, 0.1) is 0 Å². The van der Waals surface area contributed by atoms with Crippen LogP contribution in [-0.4, -0.2) is 23.1 Å². The van der Waals surface area contributed by atoms with Crippen molar-refractivity contribution in [2.75, 3.05) is 7.11 Å². The van der Waals surface area contributed by atoms with E-state index in [0.29, 0.717) is 6.04 Å². The van der Waals surface area contributed by atoms with Crippen molar-refractivity contribution in [3.05, 3.63) is 42.2 Å². The van der Waals surface area contributed by atoms with Crippen LogP contribution in [0.3, 0.4) is 0 Å². The quantitative estimate of drug-likeness (QED) is 0.777. The van der Waals surface area contributed by atoms with E-state index in [2.05, 4.69) is 30.2 Å². The van der Waals surface area contributed by atoms with E-state index in [9.17, 15) is 0 Å². The molecule has 0 atom stereocenters. The minimum absolute atomic E-state index is 0.457. The first-order valence-electron chi connectivity index (χ1n) is 7.28. The van der Waals surface area contributed by atoms with Gasteiger partial charge in [-0.3, -0.25) is 4.98 Å². The summed E-state index contributed by atoms with van der Waals surface area (Å²) in [5.74, 6) is 0.831. The van der Waals surface area contributed by atoms with Crippen LogP contribution in [0.1, 0.15) is 19.4 Å². The van der Waals surface area contributed by atoms with Gasteiger partial charge in [0.2, 0.25) is 0 Å². The zero-order valence-electron chi connectivity index (χ0n) is 13.0. The summed E-state index contributed by atoms with van der Waals surface area (Å²) in [5, 5.41) is 4.40. The summed E-state index contributed by atoms with van der Waals surface area (Å²) in [6.07, 6.45) is 3.77. The fourth-order valence-corrected chi connectivity index (χ4v) is 3.11. The lowest BCUT2D eigenvalue weighted by atomic mass is 10.2. The third kappa shape index (κ3) is 3.26. The molecule has 0 fully saturated rings. The lowest BCUT2D eigenvalue weighted by Crippen LogP contribution is -2.21. The second-order valence-corrected chi connectivity index (χ2v) is 6.50. The van der Waals surface area contributed by atoms with Crippen molar-refractivity contribution in [2.24, 2.45) is 0 Å². The molecule has 4 nitrogen and oxygen atoms in total. The van der Waals surface area contributed by atoms with Gasteiger partial charge >= 0.3 is 0 Å². The monoisotopic (exact) mass is 313 g/mol. The van der Waals surface area contributed by atoms with Gasteiger partial charge in [0.25, 0.3) is 0 Å². The third-order valence-electron chi connectivity index (χ3n) is 3.35. The first kappa shape index (κ1) is 14.9. The van der Waals surface area contributed by atoms with Crippen molar-refractivity contribution >= 4 is 21.6 Å². The number of nitrogens with one attached hydrogen (secondary N) is 1. The predicted octanol–water partition coefficient (Wildman–Crippen LogP) is 3.86. The molecule has 0 saturated carbocycles. The van der Waals surface area contributed by atoms with E-state index < -0.39 is 0 Å². The lowest BCUT2D eigenvalue weighted by molar-refractivity contribution is 0.415. The van der Waals surface area contributed by atoms with Gasteiger partial charge in [0.1, 0.15) is 10.8 Å². The van der Waals surface area contributed by atoms with Crippen molar-refractivity contribution < 1.29 is 4.74 Å². The zero-order valence-corrected chi connectivity index (χ0v) is 13.8. The number of hydrogen-bond donors (Lipinski definition) is 1. The Labute approximate surface area is 134 Å². The highest BCUT2D eigenvalue weighted by Gasteiger charge is 2.08. The van der Waals surface area contributed by atoms with Crippen LogP contribution < -0.4 is 10.1 Å². The molecule has 3 rings (SSSR count). The largest absolute Gasteiger partial charge is 0.497 e. The van der Waals surface area contributed by atoms with Crippen molar-refractivity contribution in [1.29, 1.82) is 0 Å². The van der Waals surface area contributed by atoms with Gasteiger partial charge in [-0.15, -0.1) is 11.3 Å². The molecule has 0 amide bonds. The average Bonchev–Trinajstić information content (AvgIpc) is 2.96. The predicted molar refractivity (Wildman–Crippen MR) is 91.4 cm³/mol. The van der Waals surface area contributed by atoms with Gasteiger partial charge in [-0.05, 0) is 23.8 Å². The number of fused-ring (bicyclic) bond motifs is 1. The van der Waals surface area contributed by atoms with Crippen LogP contribution in [-0.2, 0) is 6.54 Å². The first-order chi connectivity index (χ1) is 10.7. The Morgan fingerprint density at radius 3 is 2.86 bits per heavy atom. The Bertz CT molecular complexity index is 782. The highest BCUT2D eigenvalue weighted by Crippen LogP contribution is 2.32. The molecule has 0 radical (unpaired) electrons. The Morgan fingerprint density at radius 1 is 1.23 bits per heavy atom. The SMILES string of the molecule is COc1ccc2sc(-c3cncc(CNC(C)C)c3)nc2c1. The summed E-state index contributed by atoms with van der Waals surface area (Å²) in [7, 11) is 1.67. The number of benzene rings is 1. The molecule has 0 saturated heterocycles. The number of rotatable bonds is 5. The molecule has 0 aliphatic heterocycles. The molecular weight excluding hydrogens is 294 g/mol. The topological polar surface area (TPSA) is 47.0 Å². The average molecular weight is 313 g/mol. The number of thiazole rings is 1. The molecule has 2 aromatic heterocycles. The second kappa shape index (κ2) is 6.42. The Balaban J connectivity index is 1.91. The third-order valence-corrected chi connectivity index (χ3v) is 4.44. The Morgan fingerprint density at radius 2 is 2.09 bits per heavy atom. The lowest BCUT2D eigenvalue weighted by Gasteiger charge is -2.08. The minimum atomic E-state index is 0.457. The molecule has 0 bridgehead atoms. The van der Waals surface area contributed by atoms with Gasteiger partial charge in [-0.1, -0.05) is 13.8 Å². The maximum atomic E-state index is 5.25. The normalized spacial score (nSPS) is 11.3. The Hall–Kier alpha value is -1.98.